The average Bonchev–Trinajstić information content (AvgIpc) is 2.82. The molecule has 0 saturated heterocycles. The lowest BCUT2D eigenvalue weighted by Crippen LogP contribution is -2.33. The Bertz CT molecular complexity index is 399. The van der Waals surface area contributed by atoms with Gasteiger partial charge >= 0.3 is 0 Å². The molecule has 1 aliphatic rings. The van der Waals surface area contributed by atoms with Gasteiger partial charge in [0.15, 0.2) is 0 Å². The third-order valence-corrected chi connectivity index (χ3v) is 3.76. The van der Waals surface area contributed by atoms with Crippen LogP contribution in [0.15, 0.2) is 18.3 Å². The minimum atomic E-state index is -0.165. The first-order chi connectivity index (χ1) is 8.16. The molecular formula is C13H20ClN3O. The number of hydrogen-bond acceptors (Lipinski definition) is 3. The predicted molar refractivity (Wildman–Crippen MR) is 75.7 cm³/mol. The number of nitrogens with zero attached hydrogens (tertiary/aromatic N) is 1. The van der Waals surface area contributed by atoms with Gasteiger partial charge < -0.3 is 11.1 Å². The number of anilines is 2. The van der Waals surface area contributed by atoms with Crippen LogP contribution < -0.4 is 11.1 Å². The Morgan fingerprint density at radius 2 is 2.11 bits per heavy atom. The molecule has 4 nitrogen and oxygen atoms in total. The molecule has 1 amide bonds. The molecule has 0 bridgehead atoms. The van der Waals surface area contributed by atoms with Crippen LogP contribution in [0.2, 0.25) is 0 Å². The molecule has 0 aromatic carbocycles. The van der Waals surface area contributed by atoms with Crippen molar-refractivity contribution in [2.24, 2.45) is 5.41 Å². The van der Waals surface area contributed by atoms with Crippen molar-refractivity contribution in [3.05, 3.63) is 18.3 Å². The average molecular weight is 270 g/mol. The molecule has 1 aromatic heterocycles. The van der Waals surface area contributed by atoms with Crippen LogP contribution in [-0.4, -0.2) is 10.9 Å². The smallest absolute Gasteiger partial charge is 0.230 e. The molecule has 1 aliphatic carbocycles. The van der Waals surface area contributed by atoms with E-state index in [9.17, 15) is 4.79 Å². The van der Waals surface area contributed by atoms with Gasteiger partial charge in [-0.25, -0.2) is 4.98 Å². The first-order valence-electron chi connectivity index (χ1n) is 6.19. The van der Waals surface area contributed by atoms with Gasteiger partial charge in [-0.1, -0.05) is 19.8 Å². The van der Waals surface area contributed by atoms with Crippen LogP contribution in [0.4, 0.5) is 11.5 Å². The molecule has 18 heavy (non-hydrogen) atoms. The summed E-state index contributed by atoms with van der Waals surface area (Å²) in [6.45, 7) is 2.09. The Labute approximate surface area is 114 Å². The Hall–Kier alpha value is -1.29. The second kappa shape index (κ2) is 6.05. The summed E-state index contributed by atoms with van der Waals surface area (Å²) in [6, 6.07) is 3.49. The van der Waals surface area contributed by atoms with Crippen molar-refractivity contribution in [3.8, 4) is 0 Å². The molecule has 5 heteroatoms. The molecule has 1 aromatic rings. The summed E-state index contributed by atoms with van der Waals surface area (Å²) in [6.07, 6.45) is 6.81. The lowest BCUT2D eigenvalue weighted by molar-refractivity contribution is -0.125. The summed E-state index contributed by atoms with van der Waals surface area (Å²) in [5.74, 6) is 0.596. The van der Waals surface area contributed by atoms with Gasteiger partial charge in [0.05, 0.1) is 11.9 Å². The van der Waals surface area contributed by atoms with Gasteiger partial charge in [-0.05, 0) is 31.4 Å². The Kier molecular flexibility index (Phi) is 4.96. The number of amides is 1. The maximum atomic E-state index is 12.3. The zero-order chi connectivity index (χ0) is 12.3. The van der Waals surface area contributed by atoms with E-state index in [2.05, 4.69) is 17.2 Å². The molecule has 0 aliphatic heterocycles. The van der Waals surface area contributed by atoms with Crippen molar-refractivity contribution >= 4 is 29.8 Å². The van der Waals surface area contributed by atoms with Gasteiger partial charge in [-0.2, -0.15) is 0 Å². The maximum absolute atomic E-state index is 12.3. The molecule has 0 atom stereocenters. The summed E-state index contributed by atoms with van der Waals surface area (Å²) >= 11 is 0. The van der Waals surface area contributed by atoms with Crippen molar-refractivity contribution in [2.75, 3.05) is 11.1 Å². The Balaban J connectivity index is 0.00000162. The fourth-order valence-corrected chi connectivity index (χ4v) is 2.54. The van der Waals surface area contributed by atoms with E-state index >= 15 is 0 Å². The number of aromatic nitrogens is 1. The van der Waals surface area contributed by atoms with Gasteiger partial charge in [-0.15, -0.1) is 12.4 Å². The van der Waals surface area contributed by atoms with Gasteiger partial charge in [0.2, 0.25) is 5.91 Å². The summed E-state index contributed by atoms with van der Waals surface area (Å²) in [5.41, 5.74) is 6.07. The van der Waals surface area contributed by atoms with Crippen LogP contribution in [0, 0.1) is 5.41 Å². The van der Waals surface area contributed by atoms with E-state index in [1.54, 1.807) is 18.3 Å². The van der Waals surface area contributed by atoms with Crippen molar-refractivity contribution in [3.63, 3.8) is 0 Å². The predicted octanol–water partition coefficient (Wildman–Crippen LogP) is 2.99. The van der Waals surface area contributed by atoms with Crippen molar-refractivity contribution in [1.29, 1.82) is 0 Å². The third kappa shape index (κ3) is 2.93. The fourth-order valence-electron chi connectivity index (χ4n) is 2.54. The Morgan fingerprint density at radius 3 is 2.61 bits per heavy atom. The van der Waals surface area contributed by atoms with Crippen LogP contribution in [0.25, 0.3) is 0 Å². The third-order valence-electron chi connectivity index (χ3n) is 3.76. The molecule has 100 valence electrons. The summed E-state index contributed by atoms with van der Waals surface area (Å²) in [4.78, 5) is 16.3. The van der Waals surface area contributed by atoms with Crippen LogP contribution in [0.5, 0.6) is 0 Å². The number of hydrogen-bond donors (Lipinski definition) is 2. The molecule has 0 unspecified atom stereocenters. The van der Waals surface area contributed by atoms with Crippen molar-refractivity contribution in [1.82, 2.24) is 4.98 Å². The van der Waals surface area contributed by atoms with E-state index in [4.69, 9.17) is 5.73 Å². The first-order valence-corrected chi connectivity index (χ1v) is 6.19. The van der Waals surface area contributed by atoms with Crippen LogP contribution >= 0.6 is 12.4 Å². The van der Waals surface area contributed by atoms with Crippen LogP contribution in [-0.2, 0) is 4.79 Å². The number of pyridine rings is 1. The molecule has 1 saturated carbocycles. The summed E-state index contributed by atoms with van der Waals surface area (Å²) in [5, 5.41) is 2.95. The molecule has 0 radical (unpaired) electrons. The highest BCUT2D eigenvalue weighted by molar-refractivity contribution is 5.95. The number of rotatable bonds is 3. The van der Waals surface area contributed by atoms with Gasteiger partial charge in [0, 0.05) is 5.41 Å². The van der Waals surface area contributed by atoms with E-state index in [0.717, 1.165) is 37.8 Å². The lowest BCUT2D eigenvalue weighted by Gasteiger charge is -2.25. The van der Waals surface area contributed by atoms with E-state index in [-0.39, 0.29) is 23.7 Å². The van der Waals surface area contributed by atoms with Crippen molar-refractivity contribution in [2.45, 2.75) is 39.0 Å². The monoisotopic (exact) mass is 269 g/mol. The molecule has 1 heterocycles. The number of carbonyl (C=O) groups is 1. The fraction of sp³-hybridized carbons (Fsp3) is 0.538. The highest BCUT2D eigenvalue weighted by Gasteiger charge is 2.39. The van der Waals surface area contributed by atoms with E-state index in [0.29, 0.717) is 5.82 Å². The summed E-state index contributed by atoms with van der Waals surface area (Å²) < 4.78 is 0. The molecule has 3 N–H and O–H groups in total. The van der Waals surface area contributed by atoms with Crippen LogP contribution in [0.1, 0.15) is 39.0 Å². The quantitative estimate of drug-likeness (QED) is 0.886. The largest absolute Gasteiger partial charge is 0.384 e. The Morgan fingerprint density at radius 1 is 1.44 bits per heavy atom. The maximum Gasteiger partial charge on any atom is 0.230 e. The van der Waals surface area contributed by atoms with Gasteiger partial charge in [0.25, 0.3) is 0 Å². The second-order valence-corrected chi connectivity index (χ2v) is 4.77. The topological polar surface area (TPSA) is 68.0 Å². The van der Waals surface area contributed by atoms with E-state index in [1.165, 1.54) is 0 Å². The molecule has 0 spiro atoms. The molecular weight excluding hydrogens is 250 g/mol. The van der Waals surface area contributed by atoms with Gasteiger partial charge in [0.1, 0.15) is 5.82 Å². The number of halogens is 1. The zero-order valence-electron chi connectivity index (χ0n) is 10.6. The SMILES string of the molecule is CCC1(C(=O)Nc2ccc(N)nc2)CCCC1.Cl. The summed E-state index contributed by atoms with van der Waals surface area (Å²) in [7, 11) is 0. The minimum Gasteiger partial charge on any atom is -0.384 e. The molecule has 1 fully saturated rings. The van der Waals surface area contributed by atoms with Crippen LogP contribution in [0.3, 0.4) is 0 Å². The standard InChI is InChI=1S/C13H19N3O.ClH/c1-2-13(7-3-4-8-13)12(17)16-10-5-6-11(14)15-9-10;/h5-6,9H,2-4,7-8H2,1H3,(H2,14,15)(H,16,17);1H. The minimum absolute atomic E-state index is 0. The van der Waals surface area contributed by atoms with Gasteiger partial charge in [-0.3, -0.25) is 4.79 Å². The van der Waals surface area contributed by atoms with Crippen molar-refractivity contribution < 1.29 is 4.79 Å². The zero-order valence-corrected chi connectivity index (χ0v) is 11.4. The second-order valence-electron chi connectivity index (χ2n) is 4.77. The molecule has 2 rings (SSSR count). The normalized spacial score (nSPS) is 16.9. The number of nitrogens with two attached hydrogens (primary N) is 1. The highest BCUT2D eigenvalue weighted by Crippen LogP contribution is 2.41. The first kappa shape index (κ1) is 14.8. The van der Waals surface area contributed by atoms with E-state index < -0.39 is 0 Å². The number of nitrogen functional groups attached to an aromatic ring is 1. The number of carbonyl (C=O) groups excluding carboxylic acids is 1. The highest BCUT2D eigenvalue weighted by atomic mass is 35.5. The lowest BCUT2D eigenvalue weighted by atomic mass is 9.82. The number of nitrogens with one attached hydrogen (secondary N) is 1. The van der Waals surface area contributed by atoms with E-state index in [1.807, 2.05) is 0 Å².